The fraction of sp³-hybridized carbons (Fsp3) is 0.750. The van der Waals surface area contributed by atoms with Crippen LogP contribution in [0.3, 0.4) is 0 Å². The highest BCUT2D eigenvalue weighted by Crippen LogP contribution is 2.54. The zero-order valence-corrected chi connectivity index (χ0v) is 13.0. The molecular weight excluding hydrogens is 280 g/mol. The number of carbonyl (C=O) groups excluding carboxylic acids is 2. The molecule has 0 aromatic heterocycles. The molecular formula is C16H20N4O2. The highest BCUT2D eigenvalue weighted by atomic mass is 16.2. The van der Waals surface area contributed by atoms with Crippen LogP contribution in [-0.2, 0) is 9.59 Å². The van der Waals surface area contributed by atoms with Gasteiger partial charge in [0.2, 0.25) is 11.8 Å². The first-order valence-corrected chi connectivity index (χ1v) is 7.82. The Labute approximate surface area is 130 Å². The van der Waals surface area contributed by atoms with E-state index in [1.807, 2.05) is 13.8 Å². The third kappa shape index (κ3) is 1.90. The lowest BCUT2D eigenvalue weighted by atomic mass is 10.0. The smallest absolute Gasteiger partial charge is 0.243 e. The number of rotatable bonds is 2. The van der Waals surface area contributed by atoms with Gasteiger partial charge in [0, 0.05) is 26.2 Å². The quantitative estimate of drug-likeness (QED) is 0.753. The lowest BCUT2D eigenvalue weighted by Gasteiger charge is -2.36. The van der Waals surface area contributed by atoms with E-state index in [4.69, 9.17) is 0 Å². The molecule has 0 aromatic carbocycles. The minimum Gasteiger partial charge on any atom is -0.338 e. The average Bonchev–Trinajstić information content (AvgIpc) is 3.41. The Kier molecular flexibility index (Phi) is 3.18. The maximum absolute atomic E-state index is 12.5. The second-order valence-electron chi connectivity index (χ2n) is 6.96. The molecule has 3 aliphatic rings. The number of carbonyl (C=O) groups is 2. The lowest BCUT2D eigenvalue weighted by Crippen LogP contribution is -2.54. The molecule has 1 aliphatic heterocycles. The van der Waals surface area contributed by atoms with E-state index in [1.165, 1.54) is 0 Å². The van der Waals surface area contributed by atoms with Gasteiger partial charge in [0.05, 0.1) is 12.1 Å². The minimum atomic E-state index is -0.828. The molecule has 0 aromatic rings. The molecule has 1 heterocycles. The maximum Gasteiger partial charge on any atom is 0.243 e. The van der Waals surface area contributed by atoms with Gasteiger partial charge in [0.1, 0.15) is 10.8 Å². The molecule has 2 saturated carbocycles. The Balaban J connectivity index is 1.60. The van der Waals surface area contributed by atoms with Crippen molar-refractivity contribution < 1.29 is 9.59 Å². The van der Waals surface area contributed by atoms with Crippen molar-refractivity contribution in [2.45, 2.75) is 26.7 Å². The molecule has 22 heavy (non-hydrogen) atoms. The zero-order chi connectivity index (χ0) is 16.1. The molecule has 4 unspecified atom stereocenters. The SMILES string of the molecule is CC1CC1(C#N)C(=O)N1CCN(C(=O)C2(C#N)CC2C)CC1. The minimum absolute atomic E-state index is 0.0932. The Bertz CT molecular complexity index is 557. The molecule has 6 heteroatoms. The maximum atomic E-state index is 12.5. The largest absolute Gasteiger partial charge is 0.338 e. The van der Waals surface area contributed by atoms with Crippen LogP contribution in [0.15, 0.2) is 0 Å². The van der Waals surface area contributed by atoms with Gasteiger partial charge in [-0.05, 0) is 24.7 Å². The lowest BCUT2D eigenvalue weighted by molar-refractivity contribution is -0.144. The van der Waals surface area contributed by atoms with Crippen molar-refractivity contribution in [3.63, 3.8) is 0 Å². The Morgan fingerprint density at radius 2 is 1.14 bits per heavy atom. The predicted octanol–water partition coefficient (Wildman–Crippen LogP) is 0.757. The monoisotopic (exact) mass is 300 g/mol. The van der Waals surface area contributed by atoms with Crippen molar-refractivity contribution in [3.8, 4) is 12.1 Å². The average molecular weight is 300 g/mol. The Morgan fingerprint density at radius 3 is 1.32 bits per heavy atom. The summed E-state index contributed by atoms with van der Waals surface area (Å²) >= 11 is 0. The van der Waals surface area contributed by atoms with Crippen LogP contribution in [0.4, 0.5) is 0 Å². The third-order valence-corrected chi connectivity index (χ3v) is 5.63. The van der Waals surface area contributed by atoms with Gasteiger partial charge in [0.25, 0.3) is 0 Å². The third-order valence-electron chi connectivity index (χ3n) is 5.63. The summed E-state index contributed by atoms with van der Waals surface area (Å²) in [7, 11) is 0. The van der Waals surface area contributed by atoms with Crippen molar-refractivity contribution in [2.24, 2.45) is 22.7 Å². The number of nitrogens with zero attached hydrogens (tertiary/aromatic N) is 4. The molecule has 6 nitrogen and oxygen atoms in total. The van der Waals surface area contributed by atoms with E-state index in [0.717, 1.165) is 0 Å². The molecule has 4 atom stereocenters. The highest BCUT2D eigenvalue weighted by Gasteiger charge is 2.61. The Hall–Kier alpha value is -2.08. The summed E-state index contributed by atoms with van der Waals surface area (Å²) in [5, 5.41) is 18.5. The summed E-state index contributed by atoms with van der Waals surface area (Å²) in [6.45, 7) is 5.67. The molecule has 0 radical (unpaired) electrons. The number of piperazine rings is 1. The molecule has 1 saturated heterocycles. The van der Waals surface area contributed by atoms with E-state index in [2.05, 4.69) is 12.1 Å². The van der Waals surface area contributed by atoms with Gasteiger partial charge >= 0.3 is 0 Å². The number of nitriles is 2. The van der Waals surface area contributed by atoms with E-state index in [9.17, 15) is 20.1 Å². The molecule has 0 N–H and O–H groups in total. The molecule has 0 bridgehead atoms. The van der Waals surface area contributed by atoms with Crippen LogP contribution in [0.2, 0.25) is 0 Å². The van der Waals surface area contributed by atoms with E-state index >= 15 is 0 Å². The molecule has 116 valence electrons. The van der Waals surface area contributed by atoms with Crippen LogP contribution in [0, 0.1) is 45.3 Å². The van der Waals surface area contributed by atoms with Crippen molar-refractivity contribution in [2.75, 3.05) is 26.2 Å². The summed E-state index contributed by atoms with van der Waals surface area (Å²) < 4.78 is 0. The summed E-state index contributed by atoms with van der Waals surface area (Å²) in [6.07, 6.45) is 1.27. The fourth-order valence-electron chi connectivity index (χ4n) is 3.53. The standard InChI is InChI=1S/C16H20N4O2/c1-11-7-15(11,9-17)13(21)19-3-5-20(6-4-19)14(22)16(10-18)8-12(16)2/h11-12H,3-8H2,1-2H3. The zero-order valence-electron chi connectivity index (χ0n) is 13.0. The van der Waals surface area contributed by atoms with Crippen LogP contribution >= 0.6 is 0 Å². The molecule has 3 rings (SSSR count). The van der Waals surface area contributed by atoms with E-state index in [-0.39, 0.29) is 23.7 Å². The van der Waals surface area contributed by atoms with Gasteiger partial charge in [-0.2, -0.15) is 10.5 Å². The van der Waals surface area contributed by atoms with Gasteiger partial charge in [-0.3, -0.25) is 9.59 Å². The Morgan fingerprint density at radius 1 is 0.864 bits per heavy atom. The van der Waals surface area contributed by atoms with Crippen molar-refractivity contribution in [1.29, 1.82) is 10.5 Å². The summed E-state index contributed by atoms with van der Waals surface area (Å²) in [5.74, 6) is 0.0615. The van der Waals surface area contributed by atoms with Crippen molar-refractivity contribution in [3.05, 3.63) is 0 Å². The molecule has 2 aliphatic carbocycles. The van der Waals surface area contributed by atoms with Crippen LogP contribution in [-0.4, -0.2) is 47.8 Å². The first kappa shape index (κ1) is 14.8. The summed E-state index contributed by atoms with van der Waals surface area (Å²) in [4.78, 5) is 28.3. The second-order valence-corrected chi connectivity index (χ2v) is 6.96. The van der Waals surface area contributed by atoms with Gasteiger partial charge in [0.15, 0.2) is 0 Å². The van der Waals surface area contributed by atoms with Crippen LogP contribution in [0.5, 0.6) is 0 Å². The summed E-state index contributed by atoms with van der Waals surface area (Å²) in [6, 6.07) is 4.34. The first-order chi connectivity index (χ1) is 10.4. The van der Waals surface area contributed by atoms with E-state index in [1.54, 1.807) is 9.80 Å². The van der Waals surface area contributed by atoms with Gasteiger partial charge < -0.3 is 9.80 Å². The first-order valence-electron chi connectivity index (χ1n) is 7.82. The fourth-order valence-corrected chi connectivity index (χ4v) is 3.53. The van der Waals surface area contributed by atoms with Gasteiger partial charge in [-0.1, -0.05) is 13.8 Å². The number of hydrogen-bond acceptors (Lipinski definition) is 4. The van der Waals surface area contributed by atoms with Crippen molar-refractivity contribution >= 4 is 11.8 Å². The predicted molar refractivity (Wildman–Crippen MR) is 76.8 cm³/mol. The van der Waals surface area contributed by atoms with Crippen molar-refractivity contribution in [1.82, 2.24) is 9.80 Å². The van der Waals surface area contributed by atoms with Gasteiger partial charge in [-0.25, -0.2) is 0 Å². The highest BCUT2D eigenvalue weighted by molar-refractivity contribution is 5.90. The molecule has 3 fully saturated rings. The van der Waals surface area contributed by atoms with Gasteiger partial charge in [-0.15, -0.1) is 0 Å². The van der Waals surface area contributed by atoms with Crippen LogP contribution < -0.4 is 0 Å². The number of amides is 2. The summed E-state index contributed by atoms with van der Waals surface area (Å²) in [5.41, 5.74) is -1.66. The second kappa shape index (κ2) is 4.71. The molecule has 2 amide bonds. The normalized spacial score (nSPS) is 39.6. The number of hydrogen-bond donors (Lipinski definition) is 0. The topological polar surface area (TPSA) is 88.2 Å². The van der Waals surface area contributed by atoms with Crippen LogP contribution in [0.1, 0.15) is 26.7 Å². The van der Waals surface area contributed by atoms with E-state index in [0.29, 0.717) is 39.0 Å². The molecule has 0 spiro atoms. The van der Waals surface area contributed by atoms with Crippen LogP contribution in [0.25, 0.3) is 0 Å². The van der Waals surface area contributed by atoms with E-state index < -0.39 is 10.8 Å².